The molecule has 2 unspecified atom stereocenters. The SMILES string of the molecule is O=C(NCCc1cccc(Cl)c1)C1CNNC1c1ccccc1. The smallest absolute Gasteiger partial charge is 0.226 e. The van der Waals surface area contributed by atoms with Crippen molar-refractivity contribution < 1.29 is 4.79 Å². The Balaban J connectivity index is 1.55. The highest BCUT2D eigenvalue weighted by Gasteiger charge is 2.33. The number of hydrazine groups is 1. The summed E-state index contributed by atoms with van der Waals surface area (Å²) in [6.45, 7) is 1.24. The number of hydrogen-bond donors (Lipinski definition) is 3. The van der Waals surface area contributed by atoms with Gasteiger partial charge in [-0.25, -0.2) is 5.43 Å². The van der Waals surface area contributed by atoms with Crippen LogP contribution in [0.25, 0.3) is 0 Å². The Morgan fingerprint density at radius 1 is 1.17 bits per heavy atom. The van der Waals surface area contributed by atoms with E-state index >= 15 is 0 Å². The molecule has 2 aromatic carbocycles. The lowest BCUT2D eigenvalue weighted by atomic mass is 9.94. The van der Waals surface area contributed by atoms with Crippen molar-refractivity contribution in [3.05, 3.63) is 70.7 Å². The molecule has 1 amide bonds. The molecule has 120 valence electrons. The van der Waals surface area contributed by atoms with Crippen LogP contribution in [-0.2, 0) is 11.2 Å². The van der Waals surface area contributed by atoms with Crippen LogP contribution in [0.1, 0.15) is 17.2 Å². The van der Waals surface area contributed by atoms with Gasteiger partial charge in [0.25, 0.3) is 0 Å². The van der Waals surface area contributed by atoms with Crippen molar-refractivity contribution in [1.82, 2.24) is 16.2 Å². The van der Waals surface area contributed by atoms with Crippen LogP contribution in [0.15, 0.2) is 54.6 Å². The Hall–Kier alpha value is -1.88. The Labute approximate surface area is 141 Å². The standard InChI is InChI=1S/C18H20ClN3O/c19-15-8-4-5-13(11-15)9-10-20-18(23)16-12-21-22-17(16)14-6-2-1-3-7-14/h1-8,11,16-17,21-22H,9-10,12H2,(H,20,23). The van der Waals surface area contributed by atoms with Gasteiger partial charge in [-0.3, -0.25) is 10.2 Å². The van der Waals surface area contributed by atoms with E-state index < -0.39 is 0 Å². The van der Waals surface area contributed by atoms with Crippen molar-refractivity contribution in [2.75, 3.05) is 13.1 Å². The van der Waals surface area contributed by atoms with Crippen LogP contribution in [-0.4, -0.2) is 19.0 Å². The molecule has 0 radical (unpaired) electrons. The van der Waals surface area contributed by atoms with E-state index in [1.54, 1.807) is 0 Å². The highest BCUT2D eigenvalue weighted by atomic mass is 35.5. The van der Waals surface area contributed by atoms with E-state index in [4.69, 9.17) is 11.6 Å². The zero-order valence-corrected chi connectivity index (χ0v) is 13.5. The fourth-order valence-electron chi connectivity index (χ4n) is 2.87. The van der Waals surface area contributed by atoms with Gasteiger partial charge in [-0.2, -0.15) is 0 Å². The molecular formula is C18H20ClN3O. The third-order valence-corrected chi connectivity index (χ3v) is 4.31. The minimum absolute atomic E-state index is 0.00219. The monoisotopic (exact) mass is 329 g/mol. The van der Waals surface area contributed by atoms with Gasteiger partial charge < -0.3 is 5.32 Å². The summed E-state index contributed by atoms with van der Waals surface area (Å²) in [5.41, 5.74) is 8.52. The normalized spacial score (nSPS) is 20.4. The summed E-state index contributed by atoms with van der Waals surface area (Å²) in [5.74, 6) is -0.0462. The first-order valence-electron chi connectivity index (χ1n) is 7.79. The number of carbonyl (C=O) groups excluding carboxylic acids is 1. The van der Waals surface area contributed by atoms with E-state index in [0.717, 1.165) is 22.6 Å². The second-order valence-electron chi connectivity index (χ2n) is 5.69. The Morgan fingerprint density at radius 2 is 2.00 bits per heavy atom. The zero-order valence-electron chi connectivity index (χ0n) is 12.8. The first-order chi connectivity index (χ1) is 11.2. The average molecular weight is 330 g/mol. The summed E-state index contributed by atoms with van der Waals surface area (Å²) < 4.78 is 0. The number of hydrogen-bond acceptors (Lipinski definition) is 3. The Bertz CT molecular complexity index is 662. The molecule has 1 saturated heterocycles. The molecule has 1 heterocycles. The predicted molar refractivity (Wildman–Crippen MR) is 92.0 cm³/mol. The quantitative estimate of drug-likeness (QED) is 0.790. The van der Waals surface area contributed by atoms with Crippen molar-refractivity contribution >= 4 is 17.5 Å². The van der Waals surface area contributed by atoms with Crippen molar-refractivity contribution in [2.45, 2.75) is 12.5 Å². The van der Waals surface area contributed by atoms with Gasteiger partial charge in [0.15, 0.2) is 0 Å². The predicted octanol–water partition coefficient (Wildman–Crippen LogP) is 2.46. The molecule has 23 heavy (non-hydrogen) atoms. The number of nitrogens with one attached hydrogen (secondary N) is 3. The van der Waals surface area contributed by atoms with Gasteiger partial charge in [-0.15, -0.1) is 0 Å². The summed E-state index contributed by atoms with van der Waals surface area (Å²) in [4.78, 5) is 12.5. The highest BCUT2D eigenvalue weighted by Crippen LogP contribution is 2.24. The lowest BCUT2D eigenvalue weighted by molar-refractivity contribution is -0.124. The van der Waals surface area contributed by atoms with Crippen molar-refractivity contribution in [1.29, 1.82) is 0 Å². The van der Waals surface area contributed by atoms with Crippen molar-refractivity contribution in [2.24, 2.45) is 5.92 Å². The lowest BCUT2D eigenvalue weighted by Gasteiger charge is -2.18. The van der Waals surface area contributed by atoms with E-state index in [2.05, 4.69) is 16.2 Å². The molecule has 0 aliphatic carbocycles. The number of amides is 1. The van der Waals surface area contributed by atoms with Gasteiger partial charge >= 0.3 is 0 Å². The lowest BCUT2D eigenvalue weighted by Crippen LogP contribution is -2.36. The van der Waals surface area contributed by atoms with Crippen LogP contribution >= 0.6 is 11.6 Å². The molecule has 4 nitrogen and oxygen atoms in total. The number of benzene rings is 2. The first kappa shape index (κ1) is 16.0. The van der Waals surface area contributed by atoms with Crippen LogP contribution in [0, 0.1) is 5.92 Å². The molecule has 0 aromatic heterocycles. The van der Waals surface area contributed by atoms with Crippen molar-refractivity contribution in [3.8, 4) is 0 Å². The van der Waals surface area contributed by atoms with E-state index in [9.17, 15) is 4.79 Å². The van der Waals surface area contributed by atoms with Gasteiger partial charge in [-0.1, -0.05) is 54.1 Å². The van der Waals surface area contributed by atoms with Crippen LogP contribution < -0.4 is 16.2 Å². The van der Waals surface area contributed by atoms with Gasteiger partial charge in [0, 0.05) is 18.1 Å². The second kappa shape index (κ2) is 7.59. The third kappa shape index (κ3) is 4.10. The van der Waals surface area contributed by atoms with Gasteiger partial charge in [-0.05, 0) is 29.7 Å². The van der Waals surface area contributed by atoms with E-state index in [0.29, 0.717) is 13.1 Å². The Kier molecular flexibility index (Phi) is 5.28. The van der Waals surface area contributed by atoms with E-state index in [1.165, 1.54) is 0 Å². The van der Waals surface area contributed by atoms with Gasteiger partial charge in [0.1, 0.15) is 0 Å². The van der Waals surface area contributed by atoms with Crippen LogP contribution in [0.5, 0.6) is 0 Å². The van der Waals surface area contributed by atoms with Crippen LogP contribution in [0.3, 0.4) is 0 Å². The zero-order chi connectivity index (χ0) is 16.1. The number of rotatable bonds is 5. The number of halogens is 1. The van der Waals surface area contributed by atoms with Crippen LogP contribution in [0.2, 0.25) is 5.02 Å². The minimum atomic E-state index is -0.114. The average Bonchev–Trinajstić information content (AvgIpc) is 3.05. The summed E-state index contributed by atoms with van der Waals surface area (Å²) in [5, 5.41) is 3.75. The molecule has 3 rings (SSSR count). The van der Waals surface area contributed by atoms with Crippen LogP contribution in [0.4, 0.5) is 0 Å². The molecule has 0 saturated carbocycles. The maximum Gasteiger partial charge on any atom is 0.226 e. The summed E-state index contributed by atoms with van der Waals surface area (Å²) >= 11 is 5.97. The van der Waals surface area contributed by atoms with Gasteiger partial charge in [0.2, 0.25) is 5.91 Å². The second-order valence-corrected chi connectivity index (χ2v) is 6.13. The molecular weight excluding hydrogens is 310 g/mol. The summed E-state index contributed by atoms with van der Waals surface area (Å²) in [6.07, 6.45) is 0.774. The number of carbonyl (C=O) groups is 1. The fourth-order valence-corrected chi connectivity index (χ4v) is 3.08. The highest BCUT2D eigenvalue weighted by molar-refractivity contribution is 6.30. The molecule has 1 fully saturated rings. The Morgan fingerprint density at radius 3 is 2.78 bits per heavy atom. The first-order valence-corrected chi connectivity index (χ1v) is 8.17. The molecule has 1 aliphatic heterocycles. The maximum atomic E-state index is 12.5. The molecule has 2 atom stereocenters. The molecule has 3 N–H and O–H groups in total. The van der Waals surface area contributed by atoms with E-state index in [-0.39, 0.29) is 17.9 Å². The molecule has 2 aromatic rings. The maximum absolute atomic E-state index is 12.5. The topological polar surface area (TPSA) is 53.2 Å². The largest absolute Gasteiger partial charge is 0.355 e. The summed E-state index contributed by atoms with van der Waals surface area (Å²) in [6, 6.07) is 17.8. The van der Waals surface area contributed by atoms with Gasteiger partial charge in [0.05, 0.1) is 12.0 Å². The molecule has 5 heteroatoms. The summed E-state index contributed by atoms with van der Waals surface area (Å²) in [7, 11) is 0. The minimum Gasteiger partial charge on any atom is -0.355 e. The molecule has 0 spiro atoms. The van der Waals surface area contributed by atoms with Crippen molar-refractivity contribution in [3.63, 3.8) is 0 Å². The van der Waals surface area contributed by atoms with E-state index in [1.807, 2.05) is 54.6 Å². The fraction of sp³-hybridized carbons (Fsp3) is 0.278. The molecule has 0 bridgehead atoms. The third-order valence-electron chi connectivity index (χ3n) is 4.08. The molecule has 1 aliphatic rings.